The summed E-state index contributed by atoms with van der Waals surface area (Å²) in [5.74, 6) is 0.539. The Morgan fingerprint density at radius 1 is 0.737 bits per heavy atom. The zero-order valence-electron chi connectivity index (χ0n) is 21.8. The van der Waals surface area contributed by atoms with Crippen LogP contribution in [0.5, 0.6) is 28.7 Å². The molecule has 4 rings (SSSR count). The molecule has 0 bridgehead atoms. The number of ether oxygens (including phenoxy) is 5. The molecule has 1 fully saturated rings. The molecule has 0 saturated carbocycles. The van der Waals surface area contributed by atoms with Crippen molar-refractivity contribution in [3.8, 4) is 28.7 Å². The van der Waals surface area contributed by atoms with Gasteiger partial charge < -0.3 is 33.7 Å². The molecule has 1 unspecified atom stereocenters. The summed E-state index contributed by atoms with van der Waals surface area (Å²) < 4.78 is 26.7. The number of amides is 1. The van der Waals surface area contributed by atoms with Crippen LogP contribution in [0.4, 0.5) is 0 Å². The molecule has 38 heavy (non-hydrogen) atoms. The minimum absolute atomic E-state index is 0.0528. The number of carbonyl (C=O) groups excluding carboxylic acids is 2. The fourth-order valence-corrected chi connectivity index (χ4v) is 4.48. The number of nitrogens with zero attached hydrogens (tertiary/aromatic N) is 1. The predicted octanol–water partition coefficient (Wildman–Crippen LogP) is 4.35. The van der Waals surface area contributed by atoms with E-state index in [-0.39, 0.29) is 17.9 Å². The van der Waals surface area contributed by atoms with Gasteiger partial charge in [0.05, 0.1) is 47.2 Å². The number of hydrogen-bond donors (Lipinski definition) is 1. The van der Waals surface area contributed by atoms with Crippen molar-refractivity contribution in [2.24, 2.45) is 0 Å². The maximum absolute atomic E-state index is 13.4. The molecular formula is C29H29NO8. The van der Waals surface area contributed by atoms with Crippen LogP contribution >= 0.6 is 0 Å². The Hall–Kier alpha value is -4.66. The van der Waals surface area contributed by atoms with Gasteiger partial charge in [0.25, 0.3) is 11.7 Å². The monoisotopic (exact) mass is 519 g/mol. The van der Waals surface area contributed by atoms with E-state index in [2.05, 4.69) is 0 Å². The van der Waals surface area contributed by atoms with Crippen LogP contribution in [-0.2, 0) is 16.1 Å². The summed E-state index contributed by atoms with van der Waals surface area (Å²) in [7, 11) is 7.56. The number of aliphatic hydroxyl groups is 1. The first-order chi connectivity index (χ1) is 18.4. The molecule has 1 heterocycles. The van der Waals surface area contributed by atoms with Crippen LogP contribution in [0, 0.1) is 0 Å². The highest BCUT2D eigenvalue weighted by molar-refractivity contribution is 6.46. The summed E-state index contributed by atoms with van der Waals surface area (Å²) in [6, 6.07) is 16.2. The first kappa shape index (κ1) is 26.4. The summed E-state index contributed by atoms with van der Waals surface area (Å²) in [5, 5.41) is 11.4. The number of hydrogen-bond acceptors (Lipinski definition) is 8. The third-order valence-electron chi connectivity index (χ3n) is 6.43. The average molecular weight is 520 g/mol. The lowest BCUT2D eigenvalue weighted by Gasteiger charge is -2.26. The van der Waals surface area contributed by atoms with Gasteiger partial charge in [-0.1, -0.05) is 18.2 Å². The van der Waals surface area contributed by atoms with Gasteiger partial charge in [0.15, 0.2) is 23.0 Å². The van der Waals surface area contributed by atoms with E-state index in [1.54, 1.807) is 55.6 Å². The number of carbonyl (C=O) groups is 2. The van der Waals surface area contributed by atoms with Crippen molar-refractivity contribution in [2.75, 3.05) is 35.5 Å². The van der Waals surface area contributed by atoms with Crippen LogP contribution in [0.3, 0.4) is 0 Å². The van der Waals surface area contributed by atoms with Gasteiger partial charge in [-0.15, -0.1) is 0 Å². The topological polar surface area (TPSA) is 104 Å². The Morgan fingerprint density at radius 3 is 1.89 bits per heavy atom. The minimum Gasteiger partial charge on any atom is -0.507 e. The van der Waals surface area contributed by atoms with Crippen LogP contribution in [0.2, 0.25) is 0 Å². The number of Topliss-reactive ketones (excluding diaryl/α,β-unsaturated/α-hetero) is 1. The number of ketones is 1. The summed E-state index contributed by atoms with van der Waals surface area (Å²) in [6.45, 7) is 0.121. The Balaban J connectivity index is 1.88. The smallest absolute Gasteiger partial charge is 0.295 e. The van der Waals surface area contributed by atoms with Crippen LogP contribution in [0.15, 0.2) is 66.2 Å². The SMILES string of the molecule is COc1ccc(CN2C(=O)C(=O)/C(=C(\O)c3ccc(OC)c(OC)c3)C2c2ccc(OC)c(OC)c2)cc1. The third kappa shape index (κ3) is 4.82. The van der Waals surface area contributed by atoms with E-state index in [0.29, 0.717) is 39.9 Å². The van der Waals surface area contributed by atoms with E-state index in [1.807, 2.05) is 12.1 Å². The van der Waals surface area contributed by atoms with Crippen molar-refractivity contribution in [1.82, 2.24) is 4.90 Å². The molecule has 1 saturated heterocycles. The van der Waals surface area contributed by atoms with Gasteiger partial charge in [-0.3, -0.25) is 9.59 Å². The van der Waals surface area contributed by atoms with Crippen LogP contribution < -0.4 is 23.7 Å². The molecule has 3 aromatic carbocycles. The van der Waals surface area contributed by atoms with Crippen LogP contribution in [-0.4, -0.2) is 57.2 Å². The van der Waals surface area contributed by atoms with Crippen LogP contribution in [0.25, 0.3) is 5.76 Å². The van der Waals surface area contributed by atoms with Gasteiger partial charge in [-0.25, -0.2) is 0 Å². The molecule has 0 aliphatic carbocycles. The second-order valence-electron chi connectivity index (χ2n) is 8.46. The standard InChI is InChI=1S/C29H29NO8/c1-34-20-10-6-17(7-11-20)16-30-26(18-8-12-21(35-2)23(14-18)37-4)25(28(32)29(30)33)27(31)19-9-13-22(36-3)24(15-19)38-5/h6-15,26,31H,16H2,1-5H3/b27-25-. The van der Waals surface area contributed by atoms with Crippen molar-refractivity contribution in [2.45, 2.75) is 12.6 Å². The van der Waals surface area contributed by atoms with Gasteiger partial charge in [-0.2, -0.15) is 0 Å². The molecule has 3 aromatic rings. The second kappa shape index (κ2) is 11.2. The summed E-state index contributed by atoms with van der Waals surface area (Å²) in [5.41, 5.74) is 1.60. The molecule has 0 radical (unpaired) electrons. The molecule has 1 N–H and O–H groups in total. The van der Waals surface area contributed by atoms with Gasteiger partial charge in [0.1, 0.15) is 11.5 Å². The second-order valence-corrected chi connectivity index (χ2v) is 8.46. The molecular weight excluding hydrogens is 490 g/mol. The largest absolute Gasteiger partial charge is 0.507 e. The number of aliphatic hydroxyl groups excluding tert-OH is 1. The molecule has 0 aromatic heterocycles. The summed E-state index contributed by atoms with van der Waals surface area (Å²) >= 11 is 0. The third-order valence-corrected chi connectivity index (χ3v) is 6.43. The molecule has 0 spiro atoms. The van der Waals surface area contributed by atoms with Gasteiger partial charge in [0.2, 0.25) is 0 Å². The fraction of sp³-hybridized carbons (Fsp3) is 0.241. The quantitative estimate of drug-likeness (QED) is 0.253. The van der Waals surface area contributed by atoms with Gasteiger partial charge in [-0.05, 0) is 53.6 Å². The first-order valence-corrected chi connectivity index (χ1v) is 11.7. The van der Waals surface area contributed by atoms with Crippen molar-refractivity contribution < 1.29 is 38.4 Å². The highest BCUT2D eigenvalue weighted by atomic mass is 16.5. The lowest BCUT2D eigenvalue weighted by atomic mass is 9.94. The summed E-state index contributed by atoms with van der Waals surface area (Å²) in [4.78, 5) is 28.2. The van der Waals surface area contributed by atoms with Crippen molar-refractivity contribution in [1.29, 1.82) is 0 Å². The average Bonchev–Trinajstić information content (AvgIpc) is 3.21. The number of benzene rings is 3. The Kier molecular flexibility index (Phi) is 7.76. The molecule has 1 atom stereocenters. The minimum atomic E-state index is -0.898. The number of rotatable bonds is 9. The highest BCUT2D eigenvalue weighted by Crippen LogP contribution is 2.43. The zero-order chi connectivity index (χ0) is 27.4. The van der Waals surface area contributed by atoms with E-state index >= 15 is 0 Å². The maximum atomic E-state index is 13.4. The number of likely N-dealkylation sites (tertiary alicyclic amines) is 1. The van der Waals surface area contributed by atoms with E-state index in [0.717, 1.165) is 5.56 Å². The van der Waals surface area contributed by atoms with E-state index in [9.17, 15) is 14.7 Å². The Labute approximate surface area is 220 Å². The molecule has 1 aliphatic heterocycles. The van der Waals surface area contributed by atoms with Crippen LogP contribution in [0.1, 0.15) is 22.7 Å². The molecule has 198 valence electrons. The van der Waals surface area contributed by atoms with Crippen molar-refractivity contribution >= 4 is 17.4 Å². The molecule has 9 nitrogen and oxygen atoms in total. The Morgan fingerprint density at radius 2 is 1.32 bits per heavy atom. The lowest BCUT2D eigenvalue weighted by Crippen LogP contribution is -2.29. The normalized spacial score (nSPS) is 16.3. The Bertz CT molecular complexity index is 1380. The van der Waals surface area contributed by atoms with Gasteiger partial charge >= 0.3 is 0 Å². The van der Waals surface area contributed by atoms with Crippen molar-refractivity contribution in [3.05, 3.63) is 82.9 Å². The molecule has 9 heteroatoms. The highest BCUT2D eigenvalue weighted by Gasteiger charge is 2.46. The van der Waals surface area contributed by atoms with E-state index < -0.39 is 17.7 Å². The fourth-order valence-electron chi connectivity index (χ4n) is 4.48. The maximum Gasteiger partial charge on any atom is 0.295 e. The first-order valence-electron chi connectivity index (χ1n) is 11.7. The van der Waals surface area contributed by atoms with Gasteiger partial charge in [0, 0.05) is 12.1 Å². The van der Waals surface area contributed by atoms with Crippen molar-refractivity contribution in [3.63, 3.8) is 0 Å². The molecule has 1 aliphatic rings. The van der Waals surface area contributed by atoms with E-state index in [1.165, 1.54) is 33.3 Å². The summed E-state index contributed by atoms with van der Waals surface area (Å²) in [6.07, 6.45) is 0. The molecule has 1 amide bonds. The lowest BCUT2D eigenvalue weighted by molar-refractivity contribution is -0.140. The predicted molar refractivity (Wildman–Crippen MR) is 140 cm³/mol. The van der Waals surface area contributed by atoms with E-state index in [4.69, 9.17) is 23.7 Å². The number of methoxy groups -OCH3 is 5. The zero-order valence-corrected chi connectivity index (χ0v) is 21.8.